The van der Waals surface area contributed by atoms with Crippen LogP contribution in [0, 0.1) is 0 Å². The molecule has 1 atom stereocenters. The topological polar surface area (TPSA) is 142 Å². The fraction of sp³-hybridized carbons (Fsp3) is 0.700. The zero-order chi connectivity index (χ0) is 14.9. The summed E-state index contributed by atoms with van der Waals surface area (Å²) in [4.78, 5) is 40.7. The zero-order valence-electron chi connectivity index (χ0n) is 10.4. The van der Waals surface area contributed by atoms with E-state index in [1.807, 2.05) is 6.92 Å². The van der Waals surface area contributed by atoms with Crippen molar-refractivity contribution in [2.45, 2.75) is 38.2 Å². The van der Waals surface area contributed by atoms with Gasteiger partial charge in [0.25, 0.3) is 0 Å². The number of hydrogen-bond acceptors (Lipinski definition) is 7. The highest BCUT2D eigenvalue weighted by atomic mass is 17.3. The molecule has 19 heavy (non-hydrogen) atoms. The number of aliphatic hydroxyl groups is 1. The third-order valence-corrected chi connectivity index (χ3v) is 2.10. The van der Waals surface area contributed by atoms with E-state index in [0.717, 1.165) is 12.8 Å². The molecule has 9 nitrogen and oxygen atoms in total. The summed E-state index contributed by atoms with van der Waals surface area (Å²) in [5.74, 6) is -4.58. The van der Waals surface area contributed by atoms with E-state index in [1.165, 1.54) is 0 Å². The minimum absolute atomic E-state index is 0.419. The molecular formula is C10H17NO8. The van der Waals surface area contributed by atoms with Crippen LogP contribution in [-0.2, 0) is 24.3 Å². The summed E-state index contributed by atoms with van der Waals surface area (Å²) < 4.78 is 0. The molecule has 0 aromatic heterocycles. The van der Waals surface area contributed by atoms with Crippen LogP contribution in [0.1, 0.15) is 32.6 Å². The van der Waals surface area contributed by atoms with E-state index in [-0.39, 0.29) is 0 Å². The Morgan fingerprint density at radius 3 is 2.32 bits per heavy atom. The molecule has 0 saturated carbocycles. The molecule has 0 rings (SSSR count). The molecule has 0 aliphatic carbocycles. The summed E-state index contributed by atoms with van der Waals surface area (Å²) in [6.07, 6.45) is -0.498. The highest BCUT2D eigenvalue weighted by molar-refractivity contribution is 5.88. The summed E-state index contributed by atoms with van der Waals surface area (Å²) in [7, 11) is 0. The lowest BCUT2D eigenvalue weighted by molar-refractivity contribution is -0.310. The lowest BCUT2D eigenvalue weighted by atomic mass is 9.96. The standard InChI is InChI=1S/C10H17NO8/c1-2-3-4-11-19-18-8(14)6-10(17,9(15)16)5-7(12)13/h11,17H,2-6H2,1H3,(H,12,13)(H,15,16). The Morgan fingerprint density at radius 1 is 1.21 bits per heavy atom. The van der Waals surface area contributed by atoms with E-state index >= 15 is 0 Å². The van der Waals surface area contributed by atoms with E-state index in [9.17, 15) is 19.5 Å². The van der Waals surface area contributed by atoms with Gasteiger partial charge in [0, 0.05) is 6.54 Å². The number of aliphatic carboxylic acids is 2. The molecule has 0 aromatic carbocycles. The molecule has 0 heterocycles. The Bertz CT molecular complexity index is 331. The number of carbonyl (C=O) groups excluding carboxylic acids is 1. The van der Waals surface area contributed by atoms with Gasteiger partial charge in [0.15, 0.2) is 5.60 Å². The Balaban J connectivity index is 4.18. The van der Waals surface area contributed by atoms with Crippen molar-refractivity contribution in [2.24, 2.45) is 0 Å². The summed E-state index contributed by atoms with van der Waals surface area (Å²) in [6, 6.07) is 0. The minimum Gasteiger partial charge on any atom is -0.481 e. The molecule has 0 saturated heterocycles. The van der Waals surface area contributed by atoms with E-state index in [1.54, 1.807) is 0 Å². The van der Waals surface area contributed by atoms with E-state index in [0.29, 0.717) is 6.54 Å². The molecule has 0 fully saturated rings. The molecule has 0 aliphatic heterocycles. The second kappa shape index (κ2) is 8.40. The number of hydroxylamine groups is 1. The van der Waals surface area contributed by atoms with Crippen molar-refractivity contribution >= 4 is 17.9 Å². The Labute approximate surface area is 109 Å². The van der Waals surface area contributed by atoms with Crippen LogP contribution in [0.4, 0.5) is 0 Å². The first-order valence-electron chi connectivity index (χ1n) is 5.58. The van der Waals surface area contributed by atoms with Crippen LogP contribution in [0.2, 0.25) is 0 Å². The van der Waals surface area contributed by atoms with Crippen LogP contribution in [0.5, 0.6) is 0 Å². The van der Waals surface area contributed by atoms with Crippen LogP contribution in [-0.4, -0.2) is 45.4 Å². The first-order valence-corrected chi connectivity index (χ1v) is 5.58. The molecule has 0 spiro atoms. The maximum Gasteiger partial charge on any atom is 0.348 e. The quantitative estimate of drug-likeness (QED) is 0.235. The number of unbranched alkanes of at least 4 members (excludes halogenated alkanes) is 1. The maximum atomic E-state index is 11.2. The van der Waals surface area contributed by atoms with Crippen molar-refractivity contribution in [3.05, 3.63) is 0 Å². The number of carboxylic acids is 2. The summed E-state index contributed by atoms with van der Waals surface area (Å²) >= 11 is 0. The molecule has 0 aliphatic rings. The number of nitrogens with one attached hydrogen (secondary N) is 1. The van der Waals surface area contributed by atoms with Crippen LogP contribution in [0.15, 0.2) is 0 Å². The van der Waals surface area contributed by atoms with E-state index < -0.39 is 36.4 Å². The van der Waals surface area contributed by atoms with Crippen molar-refractivity contribution in [1.29, 1.82) is 0 Å². The summed E-state index contributed by atoms with van der Waals surface area (Å²) in [5.41, 5.74) is -0.442. The van der Waals surface area contributed by atoms with Gasteiger partial charge in [0.2, 0.25) is 0 Å². The van der Waals surface area contributed by atoms with Crippen LogP contribution < -0.4 is 5.48 Å². The molecule has 0 bridgehead atoms. The smallest absolute Gasteiger partial charge is 0.348 e. The van der Waals surface area contributed by atoms with Gasteiger partial charge in [-0.1, -0.05) is 18.3 Å². The van der Waals surface area contributed by atoms with Crippen LogP contribution >= 0.6 is 0 Å². The molecule has 0 amide bonds. The lowest BCUT2D eigenvalue weighted by Crippen LogP contribution is -2.43. The Hall–Kier alpha value is -1.71. The monoisotopic (exact) mass is 279 g/mol. The summed E-state index contributed by atoms with van der Waals surface area (Å²) in [5, 5.41) is 26.7. The first kappa shape index (κ1) is 17.3. The molecule has 1 unspecified atom stereocenters. The number of carbonyl (C=O) groups is 3. The Morgan fingerprint density at radius 2 is 1.84 bits per heavy atom. The van der Waals surface area contributed by atoms with E-state index in [4.69, 9.17) is 10.2 Å². The predicted molar refractivity (Wildman–Crippen MR) is 59.5 cm³/mol. The van der Waals surface area contributed by atoms with Gasteiger partial charge in [-0.05, 0) is 6.42 Å². The van der Waals surface area contributed by atoms with E-state index in [2.05, 4.69) is 15.4 Å². The Kier molecular flexibility index (Phi) is 7.65. The van der Waals surface area contributed by atoms with Crippen molar-refractivity contribution in [3.8, 4) is 0 Å². The fourth-order valence-electron chi connectivity index (χ4n) is 1.10. The van der Waals surface area contributed by atoms with Gasteiger partial charge in [0.05, 0.1) is 12.8 Å². The normalized spacial score (nSPS) is 13.6. The highest BCUT2D eigenvalue weighted by Gasteiger charge is 2.41. The number of hydrogen-bond donors (Lipinski definition) is 4. The third-order valence-electron chi connectivity index (χ3n) is 2.10. The minimum atomic E-state index is -2.73. The third kappa shape index (κ3) is 7.34. The van der Waals surface area contributed by atoms with Crippen molar-refractivity contribution < 1.29 is 39.6 Å². The van der Waals surface area contributed by atoms with Crippen LogP contribution in [0.3, 0.4) is 0 Å². The van der Waals surface area contributed by atoms with Gasteiger partial charge in [-0.3, -0.25) is 9.68 Å². The van der Waals surface area contributed by atoms with Gasteiger partial charge >= 0.3 is 17.9 Å². The van der Waals surface area contributed by atoms with Gasteiger partial charge in [0.1, 0.15) is 0 Å². The predicted octanol–water partition coefficient (Wildman–Crippen LogP) is -0.554. The first-order chi connectivity index (χ1) is 8.81. The zero-order valence-corrected chi connectivity index (χ0v) is 10.4. The van der Waals surface area contributed by atoms with Crippen molar-refractivity contribution in [3.63, 3.8) is 0 Å². The molecule has 0 aromatic rings. The molecule has 4 N–H and O–H groups in total. The average Bonchev–Trinajstić information content (AvgIpc) is 2.27. The van der Waals surface area contributed by atoms with Gasteiger partial charge in [-0.15, -0.1) is 0 Å². The fourth-order valence-corrected chi connectivity index (χ4v) is 1.10. The number of carboxylic acid groups (broad SMARTS) is 2. The molecular weight excluding hydrogens is 262 g/mol. The van der Waals surface area contributed by atoms with Gasteiger partial charge in [-0.2, -0.15) is 5.48 Å². The summed E-state index contributed by atoms with van der Waals surface area (Å²) in [6.45, 7) is 2.36. The molecule has 110 valence electrons. The van der Waals surface area contributed by atoms with Crippen molar-refractivity contribution in [1.82, 2.24) is 5.48 Å². The molecule has 0 radical (unpaired) electrons. The average molecular weight is 279 g/mol. The highest BCUT2D eigenvalue weighted by Crippen LogP contribution is 2.16. The van der Waals surface area contributed by atoms with Crippen LogP contribution in [0.25, 0.3) is 0 Å². The largest absolute Gasteiger partial charge is 0.481 e. The van der Waals surface area contributed by atoms with Crippen molar-refractivity contribution in [2.75, 3.05) is 6.54 Å². The second-order valence-electron chi connectivity index (χ2n) is 3.87. The lowest BCUT2D eigenvalue weighted by Gasteiger charge is -2.19. The second-order valence-corrected chi connectivity index (χ2v) is 3.87. The van der Waals surface area contributed by atoms with Gasteiger partial charge < -0.3 is 15.3 Å². The number of rotatable bonds is 10. The van der Waals surface area contributed by atoms with Gasteiger partial charge in [-0.25, -0.2) is 9.59 Å². The molecule has 9 heteroatoms. The SMILES string of the molecule is CCCCNOOC(=O)CC(O)(CC(=O)O)C(=O)O. The maximum absolute atomic E-state index is 11.2.